The Kier molecular flexibility index (Phi) is 3.81. The zero-order chi connectivity index (χ0) is 12.1. The summed E-state index contributed by atoms with van der Waals surface area (Å²) in [5.74, 6) is 1.82. The van der Waals surface area contributed by atoms with Crippen molar-refractivity contribution in [3.8, 4) is 5.75 Å². The molecule has 0 aromatic heterocycles. The van der Waals surface area contributed by atoms with Crippen LogP contribution in [0.25, 0.3) is 0 Å². The molecular weight excluding hydrogens is 208 g/mol. The molecule has 1 nitrogen and oxygen atoms in total. The van der Waals surface area contributed by atoms with E-state index in [1.807, 2.05) is 18.2 Å². The SMILES string of the molecule is CCc1ccc(OC2=CCC=C(C)C=C2)cc1. The van der Waals surface area contributed by atoms with Gasteiger partial charge in [0, 0.05) is 0 Å². The van der Waals surface area contributed by atoms with E-state index in [-0.39, 0.29) is 0 Å². The summed E-state index contributed by atoms with van der Waals surface area (Å²) in [4.78, 5) is 0. The highest BCUT2D eigenvalue weighted by Crippen LogP contribution is 2.18. The Morgan fingerprint density at radius 2 is 1.82 bits per heavy atom. The number of hydrogen-bond donors (Lipinski definition) is 0. The third-order valence-electron chi connectivity index (χ3n) is 2.84. The summed E-state index contributed by atoms with van der Waals surface area (Å²) < 4.78 is 5.82. The first kappa shape index (κ1) is 11.7. The maximum Gasteiger partial charge on any atom is 0.127 e. The molecule has 1 aromatic rings. The fraction of sp³-hybridized carbons (Fsp3) is 0.250. The molecule has 1 aliphatic rings. The third kappa shape index (κ3) is 3.35. The van der Waals surface area contributed by atoms with E-state index in [0.717, 1.165) is 24.4 Å². The van der Waals surface area contributed by atoms with Crippen LogP contribution in [0.2, 0.25) is 0 Å². The largest absolute Gasteiger partial charge is 0.458 e. The zero-order valence-corrected chi connectivity index (χ0v) is 10.4. The molecule has 2 rings (SSSR count). The Morgan fingerprint density at radius 1 is 1.06 bits per heavy atom. The fourth-order valence-corrected chi connectivity index (χ4v) is 1.72. The minimum atomic E-state index is 0.901. The molecule has 0 fully saturated rings. The van der Waals surface area contributed by atoms with Crippen LogP contribution in [0.3, 0.4) is 0 Å². The van der Waals surface area contributed by atoms with Crippen molar-refractivity contribution in [3.63, 3.8) is 0 Å². The van der Waals surface area contributed by atoms with E-state index >= 15 is 0 Å². The fourth-order valence-electron chi connectivity index (χ4n) is 1.72. The van der Waals surface area contributed by atoms with Crippen molar-refractivity contribution in [2.45, 2.75) is 26.7 Å². The van der Waals surface area contributed by atoms with E-state index in [4.69, 9.17) is 4.74 Å². The van der Waals surface area contributed by atoms with Crippen LogP contribution in [0.5, 0.6) is 5.75 Å². The second-order valence-electron chi connectivity index (χ2n) is 4.22. The second kappa shape index (κ2) is 5.53. The van der Waals surface area contributed by atoms with E-state index in [1.54, 1.807) is 0 Å². The number of ether oxygens (including phenoxy) is 1. The minimum Gasteiger partial charge on any atom is -0.458 e. The van der Waals surface area contributed by atoms with Crippen molar-refractivity contribution in [3.05, 3.63) is 65.5 Å². The van der Waals surface area contributed by atoms with Gasteiger partial charge in [-0.25, -0.2) is 0 Å². The highest BCUT2D eigenvalue weighted by atomic mass is 16.5. The third-order valence-corrected chi connectivity index (χ3v) is 2.84. The smallest absolute Gasteiger partial charge is 0.127 e. The molecule has 0 N–H and O–H groups in total. The van der Waals surface area contributed by atoms with Crippen LogP contribution in [-0.2, 0) is 6.42 Å². The van der Waals surface area contributed by atoms with Crippen LogP contribution >= 0.6 is 0 Å². The molecule has 0 radical (unpaired) electrons. The van der Waals surface area contributed by atoms with Gasteiger partial charge in [-0.2, -0.15) is 0 Å². The van der Waals surface area contributed by atoms with Crippen LogP contribution in [-0.4, -0.2) is 0 Å². The van der Waals surface area contributed by atoms with Gasteiger partial charge in [-0.1, -0.05) is 36.8 Å². The van der Waals surface area contributed by atoms with Crippen LogP contribution in [0.15, 0.2) is 59.9 Å². The molecule has 0 heterocycles. The summed E-state index contributed by atoms with van der Waals surface area (Å²) in [6.45, 7) is 4.25. The van der Waals surface area contributed by atoms with Crippen molar-refractivity contribution in [2.24, 2.45) is 0 Å². The standard InChI is InChI=1S/C16H18O/c1-3-14-8-11-16(12-9-14)17-15-6-4-5-13(2)7-10-15/h5-12H,3-4H2,1-2H3. The topological polar surface area (TPSA) is 9.23 Å². The van der Waals surface area contributed by atoms with Crippen molar-refractivity contribution in [1.29, 1.82) is 0 Å². The van der Waals surface area contributed by atoms with Gasteiger partial charge in [-0.15, -0.1) is 0 Å². The number of hydrogen-bond acceptors (Lipinski definition) is 1. The summed E-state index contributed by atoms with van der Waals surface area (Å²) in [5.41, 5.74) is 2.61. The van der Waals surface area contributed by atoms with E-state index in [2.05, 4.69) is 44.2 Å². The average molecular weight is 226 g/mol. The molecular formula is C16H18O. The predicted molar refractivity (Wildman–Crippen MR) is 72.0 cm³/mol. The second-order valence-corrected chi connectivity index (χ2v) is 4.22. The molecule has 0 bridgehead atoms. The lowest BCUT2D eigenvalue weighted by atomic mass is 10.2. The van der Waals surface area contributed by atoms with Gasteiger partial charge in [0.25, 0.3) is 0 Å². The molecule has 0 aliphatic heterocycles. The summed E-state index contributed by atoms with van der Waals surface area (Å²) in [6, 6.07) is 8.27. The van der Waals surface area contributed by atoms with Crippen molar-refractivity contribution in [2.75, 3.05) is 0 Å². The first-order chi connectivity index (χ1) is 8.28. The van der Waals surface area contributed by atoms with Crippen LogP contribution in [0.1, 0.15) is 25.8 Å². The normalized spacial score (nSPS) is 14.9. The quantitative estimate of drug-likeness (QED) is 0.741. The Bertz CT molecular complexity index is 461. The van der Waals surface area contributed by atoms with Crippen LogP contribution in [0.4, 0.5) is 0 Å². The molecule has 88 valence electrons. The maximum absolute atomic E-state index is 5.82. The van der Waals surface area contributed by atoms with Gasteiger partial charge in [-0.05, 0) is 49.6 Å². The van der Waals surface area contributed by atoms with E-state index in [0.29, 0.717) is 0 Å². The van der Waals surface area contributed by atoms with Gasteiger partial charge in [0.2, 0.25) is 0 Å². The molecule has 0 amide bonds. The molecule has 0 atom stereocenters. The molecule has 17 heavy (non-hydrogen) atoms. The predicted octanol–water partition coefficient (Wildman–Crippen LogP) is 4.42. The molecule has 1 aliphatic carbocycles. The van der Waals surface area contributed by atoms with E-state index < -0.39 is 0 Å². The summed E-state index contributed by atoms with van der Waals surface area (Å²) >= 11 is 0. The van der Waals surface area contributed by atoms with E-state index in [1.165, 1.54) is 11.1 Å². The summed E-state index contributed by atoms with van der Waals surface area (Å²) in [5, 5.41) is 0. The van der Waals surface area contributed by atoms with Gasteiger partial charge >= 0.3 is 0 Å². The Hall–Kier alpha value is -1.76. The molecule has 1 aromatic carbocycles. The zero-order valence-electron chi connectivity index (χ0n) is 10.4. The molecule has 1 heteroatoms. The molecule has 0 unspecified atom stereocenters. The van der Waals surface area contributed by atoms with Gasteiger partial charge in [0.05, 0.1) is 0 Å². The lowest BCUT2D eigenvalue weighted by molar-refractivity contribution is 0.442. The average Bonchev–Trinajstić information content (AvgIpc) is 2.56. The van der Waals surface area contributed by atoms with Crippen molar-refractivity contribution < 1.29 is 4.74 Å². The Morgan fingerprint density at radius 3 is 2.53 bits per heavy atom. The lowest BCUT2D eigenvalue weighted by Gasteiger charge is -2.06. The summed E-state index contributed by atoms with van der Waals surface area (Å²) in [7, 11) is 0. The van der Waals surface area contributed by atoms with Crippen molar-refractivity contribution >= 4 is 0 Å². The first-order valence-electron chi connectivity index (χ1n) is 6.09. The monoisotopic (exact) mass is 226 g/mol. The molecule has 0 spiro atoms. The Balaban J connectivity index is 2.06. The van der Waals surface area contributed by atoms with E-state index in [9.17, 15) is 0 Å². The number of rotatable bonds is 3. The number of benzene rings is 1. The maximum atomic E-state index is 5.82. The van der Waals surface area contributed by atoms with Crippen LogP contribution < -0.4 is 4.74 Å². The number of aryl methyl sites for hydroxylation is 1. The van der Waals surface area contributed by atoms with Gasteiger partial charge in [0.15, 0.2) is 0 Å². The lowest BCUT2D eigenvalue weighted by Crippen LogP contribution is -1.92. The van der Waals surface area contributed by atoms with Gasteiger partial charge in [-0.3, -0.25) is 0 Å². The highest BCUT2D eigenvalue weighted by molar-refractivity contribution is 5.33. The van der Waals surface area contributed by atoms with Gasteiger partial charge < -0.3 is 4.74 Å². The molecule has 0 saturated heterocycles. The first-order valence-corrected chi connectivity index (χ1v) is 6.09. The van der Waals surface area contributed by atoms with Crippen LogP contribution in [0, 0.1) is 0 Å². The Labute approximate surface area is 103 Å². The van der Waals surface area contributed by atoms with Gasteiger partial charge in [0.1, 0.15) is 11.5 Å². The number of allylic oxidation sites excluding steroid dienone is 5. The minimum absolute atomic E-state index is 0.901. The highest BCUT2D eigenvalue weighted by Gasteiger charge is 1.99. The van der Waals surface area contributed by atoms with Crippen molar-refractivity contribution in [1.82, 2.24) is 0 Å². The summed E-state index contributed by atoms with van der Waals surface area (Å²) in [6.07, 6.45) is 10.4. The molecule has 0 saturated carbocycles.